The molecule has 0 fully saturated rings. The summed E-state index contributed by atoms with van der Waals surface area (Å²) in [4.78, 5) is 16.2. The molecule has 0 aliphatic rings. The van der Waals surface area contributed by atoms with Crippen molar-refractivity contribution in [1.29, 1.82) is 0 Å². The van der Waals surface area contributed by atoms with Crippen LogP contribution < -0.4 is 10.3 Å². The van der Waals surface area contributed by atoms with Gasteiger partial charge in [-0.1, -0.05) is 0 Å². The van der Waals surface area contributed by atoms with E-state index in [1.165, 1.54) is 24.1 Å². The molecule has 0 atom stereocenters. The summed E-state index contributed by atoms with van der Waals surface area (Å²) in [6.45, 7) is 0.0982. The van der Waals surface area contributed by atoms with Crippen LogP contribution in [0.4, 0.5) is 8.78 Å². The minimum absolute atomic E-state index is 0.0613. The average Bonchev–Trinajstić information content (AvgIpc) is 3.09. The fraction of sp³-hybridized carbons (Fsp3) is 0.214. The molecule has 0 saturated heterocycles. The molecule has 0 spiro atoms. The molecular weight excluding hydrogens is 404 g/mol. The molecular formula is C14H10BrF2N5O3. The molecule has 130 valence electrons. The van der Waals surface area contributed by atoms with Gasteiger partial charge in [0, 0.05) is 12.3 Å². The van der Waals surface area contributed by atoms with Crippen LogP contribution in [-0.2, 0) is 6.54 Å². The molecule has 3 aromatic heterocycles. The Balaban J connectivity index is 1.83. The van der Waals surface area contributed by atoms with Crippen molar-refractivity contribution in [3.8, 4) is 17.3 Å². The highest BCUT2D eigenvalue weighted by molar-refractivity contribution is 9.10. The molecule has 0 radical (unpaired) electrons. The Kier molecular flexibility index (Phi) is 4.83. The largest absolute Gasteiger partial charge is 0.480 e. The second-order valence-corrected chi connectivity index (χ2v) is 5.64. The maximum Gasteiger partial charge on any atom is 0.314 e. The lowest BCUT2D eigenvalue weighted by molar-refractivity contribution is 0.116. The SMILES string of the molecule is COc1cc(Br)c(=O)n(Cc2ccc(-c3nnc(C(F)F)o3)cn2)n1. The molecule has 11 heteroatoms. The number of ether oxygens (including phenoxy) is 1. The number of aromatic nitrogens is 5. The predicted molar refractivity (Wildman–Crippen MR) is 84.3 cm³/mol. The van der Waals surface area contributed by atoms with E-state index in [0.717, 1.165) is 0 Å². The van der Waals surface area contributed by atoms with E-state index in [1.807, 2.05) is 0 Å². The molecule has 25 heavy (non-hydrogen) atoms. The summed E-state index contributed by atoms with van der Waals surface area (Å²) in [5.74, 6) is -0.543. The van der Waals surface area contributed by atoms with Gasteiger partial charge < -0.3 is 9.15 Å². The zero-order chi connectivity index (χ0) is 18.0. The van der Waals surface area contributed by atoms with Crippen LogP contribution in [0.25, 0.3) is 11.5 Å². The second kappa shape index (κ2) is 7.05. The number of methoxy groups -OCH3 is 1. The average molecular weight is 414 g/mol. The first-order valence-electron chi connectivity index (χ1n) is 6.86. The van der Waals surface area contributed by atoms with E-state index >= 15 is 0 Å². The fourth-order valence-corrected chi connectivity index (χ4v) is 2.33. The molecule has 0 saturated carbocycles. The molecule has 3 heterocycles. The number of halogens is 3. The first kappa shape index (κ1) is 17.1. The maximum atomic E-state index is 12.5. The van der Waals surface area contributed by atoms with Crippen molar-refractivity contribution in [3.05, 3.63) is 50.8 Å². The van der Waals surface area contributed by atoms with Crippen LogP contribution in [0, 0.1) is 0 Å². The first-order chi connectivity index (χ1) is 12.0. The minimum atomic E-state index is -2.84. The molecule has 0 bridgehead atoms. The fourth-order valence-electron chi connectivity index (χ4n) is 1.93. The quantitative estimate of drug-likeness (QED) is 0.633. The van der Waals surface area contributed by atoms with Crippen molar-refractivity contribution >= 4 is 15.9 Å². The molecule has 8 nitrogen and oxygen atoms in total. The van der Waals surface area contributed by atoms with Gasteiger partial charge in [0.1, 0.15) is 0 Å². The predicted octanol–water partition coefficient (Wildman–Crippen LogP) is 2.45. The van der Waals surface area contributed by atoms with E-state index in [0.29, 0.717) is 15.7 Å². The van der Waals surface area contributed by atoms with E-state index < -0.39 is 12.3 Å². The molecule has 0 N–H and O–H groups in total. The van der Waals surface area contributed by atoms with Gasteiger partial charge in [-0.25, -0.2) is 4.68 Å². The van der Waals surface area contributed by atoms with Gasteiger partial charge in [-0.2, -0.15) is 8.78 Å². The van der Waals surface area contributed by atoms with Crippen molar-refractivity contribution in [2.24, 2.45) is 0 Å². The third-order valence-corrected chi connectivity index (χ3v) is 3.70. The van der Waals surface area contributed by atoms with Crippen molar-refractivity contribution < 1.29 is 17.9 Å². The highest BCUT2D eigenvalue weighted by atomic mass is 79.9. The summed E-state index contributed by atoms with van der Waals surface area (Å²) in [5, 5.41) is 10.8. The third-order valence-electron chi connectivity index (χ3n) is 3.13. The lowest BCUT2D eigenvalue weighted by Gasteiger charge is -2.07. The van der Waals surface area contributed by atoms with Crippen LogP contribution >= 0.6 is 15.9 Å². The Morgan fingerprint density at radius 1 is 1.36 bits per heavy atom. The Morgan fingerprint density at radius 3 is 2.76 bits per heavy atom. The van der Waals surface area contributed by atoms with Crippen LogP contribution in [0.3, 0.4) is 0 Å². The number of rotatable bonds is 5. The molecule has 0 aromatic carbocycles. The topological polar surface area (TPSA) is 95.9 Å². The second-order valence-electron chi connectivity index (χ2n) is 4.78. The number of pyridine rings is 1. The summed E-state index contributed by atoms with van der Waals surface area (Å²) in [7, 11) is 1.44. The normalized spacial score (nSPS) is 11.1. The molecule has 0 amide bonds. The zero-order valence-electron chi connectivity index (χ0n) is 12.7. The minimum Gasteiger partial charge on any atom is -0.480 e. The third kappa shape index (κ3) is 3.71. The van der Waals surface area contributed by atoms with E-state index in [4.69, 9.17) is 9.15 Å². The van der Waals surface area contributed by atoms with Crippen molar-refractivity contribution in [2.45, 2.75) is 13.0 Å². The smallest absolute Gasteiger partial charge is 0.314 e. The number of hydrogen-bond acceptors (Lipinski definition) is 7. The summed E-state index contributed by atoms with van der Waals surface area (Å²) in [6, 6.07) is 4.64. The van der Waals surface area contributed by atoms with Gasteiger partial charge in [0.05, 0.1) is 29.4 Å². The van der Waals surface area contributed by atoms with Gasteiger partial charge in [0.25, 0.3) is 11.4 Å². The summed E-state index contributed by atoms with van der Waals surface area (Å²) >= 11 is 3.14. The van der Waals surface area contributed by atoms with Gasteiger partial charge in [-0.05, 0) is 28.1 Å². The Labute approximate surface area is 147 Å². The summed E-state index contributed by atoms with van der Waals surface area (Å²) in [5.41, 5.74) is 0.563. The van der Waals surface area contributed by atoms with Gasteiger partial charge in [0.15, 0.2) is 0 Å². The Bertz CT molecular complexity index is 942. The van der Waals surface area contributed by atoms with Crippen LogP contribution in [0.2, 0.25) is 0 Å². The van der Waals surface area contributed by atoms with Crippen LogP contribution in [0.5, 0.6) is 5.88 Å². The van der Waals surface area contributed by atoms with E-state index in [-0.39, 0.29) is 23.9 Å². The van der Waals surface area contributed by atoms with E-state index in [1.54, 1.807) is 12.1 Å². The Morgan fingerprint density at radius 2 is 2.16 bits per heavy atom. The van der Waals surface area contributed by atoms with Crippen molar-refractivity contribution in [3.63, 3.8) is 0 Å². The van der Waals surface area contributed by atoms with Crippen LogP contribution in [-0.4, -0.2) is 32.1 Å². The van der Waals surface area contributed by atoms with Gasteiger partial charge in [-0.15, -0.1) is 15.3 Å². The summed E-state index contributed by atoms with van der Waals surface area (Å²) in [6.07, 6.45) is -1.45. The number of hydrogen-bond donors (Lipinski definition) is 0. The molecule has 3 aromatic rings. The lowest BCUT2D eigenvalue weighted by atomic mass is 10.2. The molecule has 3 rings (SSSR count). The van der Waals surface area contributed by atoms with Crippen molar-refractivity contribution in [1.82, 2.24) is 25.0 Å². The van der Waals surface area contributed by atoms with Gasteiger partial charge in [0.2, 0.25) is 11.8 Å². The number of nitrogens with zero attached hydrogens (tertiary/aromatic N) is 5. The van der Waals surface area contributed by atoms with E-state index in [2.05, 4.69) is 36.2 Å². The molecule has 0 aliphatic carbocycles. The standard InChI is InChI=1S/C14H10BrF2N5O3/c1-24-10-4-9(15)14(23)22(21-10)6-8-3-2-7(5-18-8)12-19-20-13(25-12)11(16)17/h2-5,11H,6H2,1H3. The van der Waals surface area contributed by atoms with E-state index in [9.17, 15) is 13.6 Å². The molecule has 0 aliphatic heterocycles. The highest BCUT2D eigenvalue weighted by Crippen LogP contribution is 2.22. The zero-order valence-corrected chi connectivity index (χ0v) is 14.3. The monoisotopic (exact) mass is 413 g/mol. The first-order valence-corrected chi connectivity index (χ1v) is 7.65. The Hall–Kier alpha value is -2.69. The van der Waals surface area contributed by atoms with Gasteiger partial charge >= 0.3 is 6.43 Å². The maximum absolute atomic E-state index is 12.5. The van der Waals surface area contributed by atoms with Gasteiger partial charge in [-0.3, -0.25) is 9.78 Å². The van der Waals surface area contributed by atoms with Crippen LogP contribution in [0.1, 0.15) is 18.0 Å². The lowest BCUT2D eigenvalue weighted by Crippen LogP contribution is -2.24. The summed E-state index contributed by atoms with van der Waals surface area (Å²) < 4.78 is 36.3. The highest BCUT2D eigenvalue weighted by Gasteiger charge is 2.17. The van der Waals surface area contributed by atoms with Crippen molar-refractivity contribution in [2.75, 3.05) is 7.11 Å². The molecule has 0 unspecified atom stereocenters. The number of alkyl halides is 2. The van der Waals surface area contributed by atoms with Crippen LogP contribution in [0.15, 0.2) is 38.1 Å².